The Morgan fingerprint density at radius 1 is 1.23 bits per heavy atom. The van der Waals surface area contributed by atoms with Gasteiger partial charge in [0.25, 0.3) is 0 Å². The number of aldehydes is 1. The van der Waals surface area contributed by atoms with Crippen LogP contribution in [0.1, 0.15) is 15.2 Å². The van der Waals surface area contributed by atoms with Gasteiger partial charge in [-0.15, -0.1) is 0 Å². The molecule has 0 fully saturated rings. The minimum absolute atomic E-state index is 0.313. The molecule has 0 saturated carbocycles. The zero-order valence-electron chi connectivity index (χ0n) is 8.79. The molecule has 0 amide bonds. The van der Waals surface area contributed by atoms with E-state index < -0.39 is 6.26 Å². The molecule has 0 aliphatic heterocycles. The number of benzene rings is 1. The van der Waals surface area contributed by atoms with E-state index >= 15 is 0 Å². The van der Waals surface area contributed by atoms with E-state index in [4.69, 9.17) is 1.37 Å². The maximum atomic E-state index is 11.2. The van der Waals surface area contributed by atoms with Crippen LogP contribution < -0.4 is 10.4 Å². The average molecular weight is 173 g/mol. The summed E-state index contributed by atoms with van der Waals surface area (Å²) < 4.78 is 7.23. The summed E-state index contributed by atoms with van der Waals surface area (Å²) in [6, 6.07) is 7.95. The topological polar surface area (TPSA) is 17.1 Å². The third-order valence-corrected chi connectivity index (χ3v) is 2.76. The Morgan fingerprint density at radius 2 is 1.69 bits per heavy atom. The Balaban J connectivity index is 2.83. The Bertz CT molecular complexity index is 472. The minimum Gasteiger partial charge on any atom is -0.302 e. The molecule has 1 nitrogen and oxygen atoms in total. The molecule has 0 radical (unpaired) electrons. The van der Waals surface area contributed by atoms with Crippen LogP contribution in [0.15, 0.2) is 24.3 Å². The summed E-state index contributed by atoms with van der Waals surface area (Å²) in [5.74, 6) is -0.313. The van der Waals surface area contributed by atoms with Gasteiger partial charge in [0.2, 0.25) is 0 Å². The van der Waals surface area contributed by atoms with Gasteiger partial charge in [-0.05, 0) is 24.3 Å². The largest absolute Gasteiger partial charge is 0.302 e. The van der Waals surface area contributed by atoms with Crippen molar-refractivity contribution < 1.29 is 6.17 Å². The lowest BCUT2D eigenvalue weighted by atomic mass is 9.99. The Kier molecular flexibility index (Phi) is 1.55. The molecule has 0 bridgehead atoms. The van der Waals surface area contributed by atoms with Gasteiger partial charge < -0.3 is 4.79 Å². The predicted molar refractivity (Wildman–Crippen MR) is 53.4 cm³/mol. The molecule has 1 aromatic rings. The quantitative estimate of drug-likeness (QED) is 0.576. The van der Waals surface area contributed by atoms with Crippen LogP contribution in [0.25, 0.3) is 11.1 Å². The minimum atomic E-state index is -0.504. The Morgan fingerprint density at radius 3 is 2.08 bits per heavy atom. The van der Waals surface area contributed by atoms with Gasteiger partial charge in [0, 0.05) is 0 Å². The highest BCUT2D eigenvalue weighted by molar-refractivity contribution is 5.86. The molecule has 13 heavy (non-hydrogen) atoms. The van der Waals surface area contributed by atoms with E-state index in [2.05, 4.69) is 0 Å². The second kappa shape index (κ2) is 2.84. The van der Waals surface area contributed by atoms with Crippen LogP contribution in [0.3, 0.4) is 0 Å². The lowest BCUT2D eigenvalue weighted by Gasteiger charge is -2.04. The Labute approximate surface area is 78.8 Å². The molecule has 0 saturated heterocycles. The molecule has 1 aromatic carbocycles. The van der Waals surface area contributed by atoms with E-state index in [1.165, 1.54) is 0 Å². The number of hydrogen-bond acceptors (Lipinski definition) is 1. The third kappa shape index (κ3) is 1.04. The lowest BCUT2D eigenvalue weighted by molar-refractivity contribution is -0.108. The van der Waals surface area contributed by atoms with Crippen molar-refractivity contribution in [3.63, 3.8) is 0 Å². The summed E-state index contributed by atoms with van der Waals surface area (Å²) in [5, 5.41) is 2.24. The summed E-state index contributed by atoms with van der Waals surface area (Å²) in [6.45, 7) is 3.87. The zero-order chi connectivity index (χ0) is 10.3. The van der Waals surface area contributed by atoms with Crippen molar-refractivity contribution in [2.75, 3.05) is 0 Å². The van der Waals surface area contributed by atoms with Gasteiger partial charge in [-0.1, -0.05) is 35.4 Å². The van der Waals surface area contributed by atoms with E-state index in [1.54, 1.807) is 0 Å². The zero-order valence-corrected chi connectivity index (χ0v) is 7.79. The van der Waals surface area contributed by atoms with Crippen LogP contribution in [0, 0.1) is 5.92 Å². The van der Waals surface area contributed by atoms with Gasteiger partial charge in [0.05, 0.1) is 5.92 Å². The van der Waals surface area contributed by atoms with Crippen LogP contribution in [0.2, 0.25) is 0 Å². The predicted octanol–water partition coefficient (Wildman–Crippen LogP) is 0.857. The van der Waals surface area contributed by atoms with Crippen LogP contribution in [-0.4, -0.2) is 6.26 Å². The van der Waals surface area contributed by atoms with E-state index in [0.717, 1.165) is 21.6 Å². The number of rotatable bonds is 1. The highest BCUT2D eigenvalue weighted by Gasteiger charge is 2.18. The molecule has 0 unspecified atom stereocenters. The SMILES string of the molecule is [2H]C(=O)C1C(C)=c2ccccc2=C1C. The van der Waals surface area contributed by atoms with E-state index in [-0.39, 0.29) is 5.92 Å². The second-order valence-corrected chi connectivity index (χ2v) is 3.46. The first-order chi connectivity index (χ1) is 6.63. The van der Waals surface area contributed by atoms with Crippen LogP contribution in [0.5, 0.6) is 0 Å². The molecule has 0 aromatic heterocycles. The summed E-state index contributed by atoms with van der Waals surface area (Å²) in [6.07, 6.45) is -0.504. The van der Waals surface area contributed by atoms with E-state index in [1.807, 2.05) is 38.1 Å². The number of fused-ring (bicyclic) bond motifs is 1. The van der Waals surface area contributed by atoms with Crippen molar-refractivity contribution >= 4 is 17.4 Å². The van der Waals surface area contributed by atoms with Crippen molar-refractivity contribution in [3.8, 4) is 0 Å². The fourth-order valence-electron chi connectivity index (χ4n) is 1.98. The molecule has 66 valence electrons. The first-order valence-electron chi connectivity index (χ1n) is 4.90. The summed E-state index contributed by atoms with van der Waals surface area (Å²) in [7, 11) is 0. The van der Waals surface area contributed by atoms with Crippen molar-refractivity contribution in [3.05, 3.63) is 34.7 Å². The molecule has 0 spiro atoms. The molecule has 2 rings (SSSR count). The Hall–Kier alpha value is -1.37. The van der Waals surface area contributed by atoms with Gasteiger partial charge in [0.15, 0.2) is 0 Å². The fraction of sp³-hybridized carbons (Fsp3) is 0.250. The molecule has 1 aliphatic carbocycles. The first-order valence-corrected chi connectivity index (χ1v) is 4.40. The molecule has 0 heterocycles. The summed E-state index contributed by atoms with van der Waals surface area (Å²) in [4.78, 5) is 11.2. The number of hydrogen-bond donors (Lipinski definition) is 0. The highest BCUT2D eigenvalue weighted by atomic mass is 16.1. The number of carbonyl (C=O) groups excluding carboxylic acids is 1. The van der Waals surface area contributed by atoms with E-state index in [9.17, 15) is 4.79 Å². The summed E-state index contributed by atoms with van der Waals surface area (Å²) in [5.41, 5.74) is 2.02. The molecule has 1 aliphatic rings. The fourth-order valence-corrected chi connectivity index (χ4v) is 1.98. The monoisotopic (exact) mass is 173 g/mol. The van der Waals surface area contributed by atoms with Gasteiger partial charge >= 0.3 is 0 Å². The van der Waals surface area contributed by atoms with Crippen molar-refractivity contribution in [2.24, 2.45) is 5.92 Å². The molecular weight excluding hydrogens is 160 g/mol. The van der Waals surface area contributed by atoms with Gasteiger partial charge in [0.1, 0.15) is 7.63 Å². The molecule has 0 atom stereocenters. The van der Waals surface area contributed by atoms with Crippen molar-refractivity contribution in [2.45, 2.75) is 13.8 Å². The second-order valence-electron chi connectivity index (χ2n) is 3.46. The standard InChI is InChI=1S/C12H12O/c1-8-10-5-3-4-6-11(10)9(2)12(8)7-13/h3-7,12H,1-2H3/i7D. The lowest BCUT2D eigenvalue weighted by Crippen LogP contribution is -2.22. The van der Waals surface area contributed by atoms with Crippen molar-refractivity contribution in [1.29, 1.82) is 0 Å². The maximum Gasteiger partial charge on any atom is 0.131 e. The van der Waals surface area contributed by atoms with Gasteiger partial charge in [-0.2, -0.15) is 0 Å². The van der Waals surface area contributed by atoms with Crippen molar-refractivity contribution in [1.82, 2.24) is 0 Å². The first kappa shape index (κ1) is 7.07. The summed E-state index contributed by atoms with van der Waals surface area (Å²) >= 11 is 0. The maximum absolute atomic E-state index is 11.2. The normalized spacial score (nSPS) is 17.2. The third-order valence-electron chi connectivity index (χ3n) is 2.76. The number of carbonyl (C=O) groups is 1. The smallest absolute Gasteiger partial charge is 0.131 e. The molecular formula is C12H12O. The van der Waals surface area contributed by atoms with Gasteiger partial charge in [-0.25, -0.2) is 0 Å². The van der Waals surface area contributed by atoms with Gasteiger partial charge in [-0.3, -0.25) is 0 Å². The molecule has 0 N–H and O–H groups in total. The average Bonchev–Trinajstić information content (AvgIpc) is 2.41. The van der Waals surface area contributed by atoms with Crippen LogP contribution >= 0.6 is 0 Å². The molecule has 1 heteroatoms. The van der Waals surface area contributed by atoms with Crippen LogP contribution in [0.4, 0.5) is 0 Å². The van der Waals surface area contributed by atoms with E-state index in [0.29, 0.717) is 0 Å². The highest BCUT2D eigenvalue weighted by Crippen LogP contribution is 2.19. The van der Waals surface area contributed by atoms with Crippen LogP contribution in [-0.2, 0) is 4.79 Å².